The minimum Gasteiger partial charge on any atom is -0.465 e. The van der Waals surface area contributed by atoms with Crippen LogP contribution >= 0.6 is 11.3 Å². The maximum absolute atomic E-state index is 12.3. The van der Waals surface area contributed by atoms with Gasteiger partial charge < -0.3 is 15.4 Å². The van der Waals surface area contributed by atoms with E-state index in [1.165, 1.54) is 30.6 Å². The molecule has 0 saturated heterocycles. The smallest absolute Gasteiger partial charge is 0.337 e. The van der Waals surface area contributed by atoms with Crippen molar-refractivity contribution in [2.24, 2.45) is 0 Å². The van der Waals surface area contributed by atoms with E-state index in [9.17, 15) is 14.4 Å². The van der Waals surface area contributed by atoms with Crippen LogP contribution in [0.5, 0.6) is 0 Å². The summed E-state index contributed by atoms with van der Waals surface area (Å²) in [5.41, 5.74) is 2.01. The Morgan fingerprint density at radius 2 is 1.33 bits per heavy atom. The quantitative estimate of drug-likeness (QED) is 0.654. The average Bonchev–Trinajstić information content (AvgIpc) is 3.24. The Morgan fingerprint density at radius 3 is 1.85 bits per heavy atom. The number of esters is 1. The molecule has 27 heavy (non-hydrogen) atoms. The summed E-state index contributed by atoms with van der Waals surface area (Å²) in [5, 5.41) is 7.40. The fourth-order valence-corrected chi connectivity index (χ4v) is 2.94. The molecule has 0 aliphatic carbocycles. The number of anilines is 2. The van der Waals surface area contributed by atoms with Crippen molar-refractivity contribution in [1.82, 2.24) is 0 Å². The van der Waals surface area contributed by atoms with Crippen molar-refractivity contribution in [3.05, 3.63) is 82.0 Å². The lowest BCUT2D eigenvalue weighted by molar-refractivity contribution is 0.0600. The highest BCUT2D eigenvalue weighted by molar-refractivity contribution is 7.12. The molecule has 2 aromatic carbocycles. The van der Waals surface area contributed by atoms with Gasteiger partial charge in [-0.1, -0.05) is 6.07 Å². The van der Waals surface area contributed by atoms with Crippen molar-refractivity contribution in [3.63, 3.8) is 0 Å². The zero-order valence-corrected chi connectivity index (χ0v) is 15.2. The lowest BCUT2D eigenvalue weighted by Gasteiger charge is -2.08. The maximum atomic E-state index is 12.3. The molecule has 6 nitrogen and oxygen atoms in total. The molecule has 3 aromatic rings. The molecule has 1 aromatic heterocycles. The summed E-state index contributed by atoms with van der Waals surface area (Å²) in [6.45, 7) is 0. The molecule has 2 amide bonds. The predicted octanol–water partition coefficient (Wildman–Crippen LogP) is 4.04. The molecule has 1 heterocycles. The molecular formula is C20H16N2O4S. The van der Waals surface area contributed by atoms with Crippen LogP contribution in [0, 0.1) is 0 Å². The first-order chi connectivity index (χ1) is 13.1. The van der Waals surface area contributed by atoms with Crippen LogP contribution in [0.15, 0.2) is 66.0 Å². The van der Waals surface area contributed by atoms with Gasteiger partial charge in [-0.05, 0) is 60.0 Å². The Labute approximate surface area is 159 Å². The second kappa shape index (κ2) is 8.29. The number of hydrogen-bond acceptors (Lipinski definition) is 5. The van der Waals surface area contributed by atoms with Crippen LogP contribution < -0.4 is 10.6 Å². The van der Waals surface area contributed by atoms with Crippen LogP contribution in [-0.2, 0) is 4.74 Å². The van der Waals surface area contributed by atoms with Crippen molar-refractivity contribution in [2.45, 2.75) is 0 Å². The van der Waals surface area contributed by atoms with E-state index >= 15 is 0 Å². The van der Waals surface area contributed by atoms with Crippen LogP contribution in [-0.4, -0.2) is 24.9 Å². The minimum absolute atomic E-state index is 0.174. The number of carbonyl (C=O) groups is 3. The van der Waals surface area contributed by atoms with Gasteiger partial charge >= 0.3 is 5.97 Å². The van der Waals surface area contributed by atoms with E-state index in [1.807, 2.05) is 11.4 Å². The predicted molar refractivity (Wildman–Crippen MR) is 104 cm³/mol. The molecule has 3 rings (SSSR count). The Bertz CT molecular complexity index is 949. The molecule has 136 valence electrons. The van der Waals surface area contributed by atoms with E-state index in [-0.39, 0.29) is 11.8 Å². The number of methoxy groups -OCH3 is 1. The van der Waals surface area contributed by atoms with Gasteiger partial charge in [-0.25, -0.2) is 4.79 Å². The number of rotatable bonds is 5. The Balaban J connectivity index is 1.61. The van der Waals surface area contributed by atoms with Crippen LogP contribution in [0.1, 0.15) is 30.4 Å². The number of thiophene rings is 1. The molecule has 0 spiro atoms. The largest absolute Gasteiger partial charge is 0.465 e. The Kier molecular flexibility index (Phi) is 5.63. The van der Waals surface area contributed by atoms with Gasteiger partial charge in [0.15, 0.2) is 0 Å². The fourth-order valence-electron chi connectivity index (χ4n) is 2.32. The Hall–Kier alpha value is -3.45. The normalized spacial score (nSPS) is 10.1. The number of carbonyl (C=O) groups excluding carboxylic acids is 3. The van der Waals surface area contributed by atoms with E-state index in [0.29, 0.717) is 27.4 Å². The van der Waals surface area contributed by atoms with Crippen LogP contribution in [0.2, 0.25) is 0 Å². The standard InChI is InChI=1S/C20H16N2O4S/c1-26-20(25)14-6-4-13(5-7-14)18(23)21-15-8-10-16(11-9-15)22-19(24)17-3-2-12-27-17/h2-12H,1H3,(H,21,23)(H,22,24). The zero-order valence-electron chi connectivity index (χ0n) is 14.4. The van der Waals surface area contributed by atoms with Crippen LogP contribution in [0.4, 0.5) is 11.4 Å². The van der Waals surface area contributed by atoms with E-state index in [4.69, 9.17) is 0 Å². The third kappa shape index (κ3) is 4.59. The van der Waals surface area contributed by atoms with Crippen molar-refractivity contribution >= 4 is 40.5 Å². The van der Waals surface area contributed by atoms with Gasteiger partial charge in [-0.3, -0.25) is 9.59 Å². The van der Waals surface area contributed by atoms with E-state index in [2.05, 4.69) is 15.4 Å². The van der Waals surface area contributed by atoms with Crippen molar-refractivity contribution in [1.29, 1.82) is 0 Å². The van der Waals surface area contributed by atoms with Crippen molar-refractivity contribution in [2.75, 3.05) is 17.7 Å². The first kappa shape index (κ1) is 18.3. The lowest BCUT2D eigenvalue weighted by atomic mass is 10.1. The fraction of sp³-hybridized carbons (Fsp3) is 0.0500. The Morgan fingerprint density at radius 1 is 0.778 bits per heavy atom. The van der Waals surface area contributed by atoms with Gasteiger partial charge in [-0.15, -0.1) is 11.3 Å². The second-order valence-electron chi connectivity index (χ2n) is 5.53. The van der Waals surface area contributed by atoms with Crippen molar-refractivity contribution in [3.8, 4) is 0 Å². The number of ether oxygens (including phenoxy) is 1. The third-order valence-electron chi connectivity index (χ3n) is 3.71. The zero-order chi connectivity index (χ0) is 19.2. The summed E-state index contributed by atoms with van der Waals surface area (Å²) in [4.78, 5) is 36.3. The molecule has 0 atom stereocenters. The van der Waals surface area contributed by atoms with E-state index in [0.717, 1.165) is 0 Å². The summed E-state index contributed by atoms with van der Waals surface area (Å²) in [6.07, 6.45) is 0. The summed E-state index contributed by atoms with van der Waals surface area (Å²) < 4.78 is 4.63. The molecule has 7 heteroatoms. The first-order valence-electron chi connectivity index (χ1n) is 8.01. The van der Waals surface area contributed by atoms with Gasteiger partial charge in [0.1, 0.15) is 0 Å². The van der Waals surface area contributed by atoms with Gasteiger partial charge in [0, 0.05) is 16.9 Å². The molecular weight excluding hydrogens is 364 g/mol. The molecule has 0 aliphatic rings. The van der Waals surface area contributed by atoms with E-state index < -0.39 is 5.97 Å². The number of amides is 2. The summed E-state index contributed by atoms with van der Waals surface area (Å²) >= 11 is 1.37. The highest BCUT2D eigenvalue weighted by atomic mass is 32.1. The van der Waals surface area contributed by atoms with Gasteiger partial charge in [-0.2, -0.15) is 0 Å². The summed E-state index contributed by atoms with van der Waals surface area (Å²) in [7, 11) is 1.30. The maximum Gasteiger partial charge on any atom is 0.337 e. The van der Waals surface area contributed by atoms with Gasteiger partial charge in [0.05, 0.1) is 17.6 Å². The SMILES string of the molecule is COC(=O)c1ccc(C(=O)Nc2ccc(NC(=O)c3cccs3)cc2)cc1. The molecule has 2 N–H and O–H groups in total. The average molecular weight is 380 g/mol. The molecule has 0 aliphatic heterocycles. The minimum atomic E-state index is -0.456. The number of nitrogens with one attached hydrogen (secondary N) is 2. The highest BCUT2D eigenvalue weighted by Gasteiger charge is 2.10. The number of hydrogen-bond donors (Lipinski definition) is 2. The van der Waals surface area contributed by atoms with Crippen molar-refractivity contribution < 1.29 is 19.1 Å². The van der Waals surface area contributed by atoms with Crippen LogP contribution in [0.3, 0.4) is 0 Å². The topological polar surface area (TPSA) is 84.5 Å². The molecule has 0 bridgehead atoms. The second-order valence-corrected chi connectivity index (χ2v) is 6.48. The first-order valence-corrected chi connectivity index (χ1v) is 8.89. The summed E-state index contributed by atoms with van der Waals surface area (Å²) in [5.74, 6) is -0.934. The molecule has 0 saturated carbocycles. The number of benzene rings is 2. The highest BCUT2D eigenvalue weighted by Crippen LogP contribution is 2.17. The van der Waals surface area contributed by atoms with E-state index in [1.54, 1.807) is 42.5 Å². The monoisotopic (exact) mass is 380 g/mol. The third-order valence-corrected chi connectivity index (χ3v) is 4.58. The lowest BCUT2D eigenvalue weighted by Crippen LogP contribution is -2.13. The molecule has 0 fully saturated rings. The van der Waals surface area contributed by atoms with Gasteiger partial charge in [0.25, 0.3) is 11.8 Å². The molecule has 0 unspecified atom stereocenters. The van der Waals surface area contributed by atoms with Gasteiger partial charge in [0.2, 0.25) is 0 Å². The van der Waals surface area contributed by atoms with Crippen LogP contribution in [0.25, 0.3) is 0 Å². The molecule has 0 radical (unpaired) electrons. The summed E-state index contributed by atoms with van der Waals surface area (Å²) in [6, 6.07) is 16.6.